The molecule has 1 heterocycles. The number of rotatable bonds is 5. The number of hydrogen-bond acceptors (Lipinski definition) is 4. The number of aromatic nitrogens is 1. The van der Waals surface area contributed by atoms with E-state index in [9.17, 15) is 9.59 Å². The van der Waals surface area contributed by atoms with E-state index >= 15 is 0 Å². The number of nitrogens with one attached hydrogen (secondary N) is 3. The fourth-order valence-electron chi connectivity index (χ4n) is 2.53. The van der Waals surface area contributed by atoms with E-state index in [-0.39, 0.29) is 23.4 Å². The third kappa shape index (κ3) is 6.18. The van der Waals surface area contributed by atoms with Gasteiger partial charge in [0.15, 0.2) is 0 Å². The van der Waals surface area contributed by atoms with Crippen molar-refractivity contribution in [2.75, 3.05) is 0 Å². The quantitative estimate of drug-likeness (QED) is 0.506. The average Bonchev–Trinajstić information content (AvgIpc) is 2.65. The van der Waals surface area contributed by atoms with Gasteiger partial charge in [-0.05, 0) is 64.8 Å². The molecule has 8 nitrogen and oxygen atoms in total. The normalized spacial score (nSPS) is 13.3. The minimum absolute atomic E-state index is 0.140. The Morgan fingerprint density at radius 2 is 2.03 bits per heavy atom. The molecule has 0 saturated heterocycles. The minimum Gasteiger partial charge on any atom is -0.447 e. The number of benzene rings is 1. The lowest BCUT2D eigenvalue weighted by molar-refractivity contribution is 0.118. The Morgan fingerprint density at radius 3 is 2.66 bits per heavy atom. The van der Waals surface area contributed by atoms with Crippen molar-refractivity contribution < 1.29 is 9.53 Å². The Labute approximate surface area is 173 Å². The molecule has 1 atom stereocenters. The van der Waals surface area contributed by atoms with Crippen molar-refractivity contribution in [1.29, 1.82) is 0 Å². The number of hydrogen-bond donors (Lipinski definition) is 3. The maximum atomic E-state index is 12.5. The van der Waals surface area contributed by atoms with Crippen LogP contribution in [-0.2, 0) is 4.74 Å². The van der Waals surface area contributed by atoms with Gasteiger partial charge in [-0.3, -0.25) is 10.1 Å². The van der Waals surface area contributed by atoms with Crippen LogP contribution in [0.2, 0.25) is 5.02 Å². The summed E-state index contributed by atoms with van der Waals surface area (Å²) in [4.78, 5) is 35.1. The Hall–Kier alpha value is -3.13. The zero-order valence-electron chi connectivity index (χ0n) is 16.7. The van der Waals surface area contributed by atoms with Gasteiger partial charge in [-0.1, -0.05) is 11.6 Å². The molecule has 0 aliphatic rings. The molecule has 0 aliphatic carbocycles. The Balaban J connectivity index is 2.23. The molecule has 0 fully saturated rings. The number of pyridine rings is 1. The molecule has 0 spiro atoms. The molecule has 0 saturated carbocycles. The fourth-order valence-corrected chi connectivity index (χ4v) is 2.71. The number of halogens is 1. The zero-order chi connectivity index (χ0) is 21.6. The predicted octanol–water partition coefficient (Wildman–Crippen LogP) is 3.88. The van der Waals surface area contributed by atoms with E-state index in [1.165, 1.54) is 0 Å². The Bertz CT molecular complexity index is 1030. The first-order chi connectivity index (χ1) is 13.7. The topological polar surface area (TPSA) is 108 Å². The molecule has 0 unspecified atom stereocenters. The molecule has 1 amide bonds. The SMILES string of the molecule is C=N/C(=N\C(=C/C)NC(=O)OC(C)C)N[C@@H](C)c1cc2cc(Cl)ccc2[nH]c1=O. The van der Waals surface area contributed by atoms with Crippen LogP contribution >= 0.6 is 11.6 Å². The molecule has 29 heavy (non-hydrogen) atoms. The molecule has 154 valence electrons. The van der Waals surface area contributed by atoms with Crippen LogP contribution in [0.25, 0.3) is 10.9 Å². The number of aliphatic imine (C=N–C) groups is 2. The van der Waals surface area contributed by atoms with Gasteiger partial charge in [0, 0.05) is 21.5 Å². The highest BCUT2D eigenvalue weighted by atomic mass is 35.5. The molecule has 0 aliphatic heterocycles. The van der Waals surface area contributed by atoms with Gasteiger partial charge < -0.3 is 15.0 Å². The first kappa shape index (κ1) is 22.2. The molecular weight excluding hydrogens is 394 g/mol. The molecule has 0 radical (unpaired) electrons. The fraction of sp³-hybridized carbons (Fsp3) is 0.300. The van der Waals surface area contributed by atoms with Gasteiger partial charge in [0.2, 0.25) is 5.96 Å². The predicted molar refractivity (Wildman–Crippen MR) is 117 cm³/mol. The van der Waals surface area contributed by atoms with Crippen molar-refractivity contribution in [3.8, 4) is 0 Å². The summed E-state index contributed by atoms with van der Waals surface area (Å²) in [5.74, 6) is 0.373. The van der Waals surface area contributed by atoms with E-state index in [4.69, 9.17) is 16.3 Å². The summed E-state index contributed by atoms with van der Waals surface area (Å²) in [5, 5.41) is 6.91. The summed E-state index contributed by atoms with van der Waals surface area (Å²) in [6.07, 6.45) is 0.695. The number of guanidine groups is 1. The van der Waals surface area contributed by atoms with E-state index in [2.05, 4.69) is 32.3 Å². The van der Waals surface area contributed by atoms with Crippen LogP contribution in [0.4, 0.5) is 4.79 Å². The molecule has 3 N–H and O–H groups in total. The van der Waals surface area contributed by atoms with Crippen LogP contribution < -0.4 is 16.2 Å². The summed E-state index contributed by atoms with van der Waals surface area (Å²) in [6.45, 7) is 10.5. The number of ether oxygens (including phenoxy) is 1. The number of fused-ring (bicyclic) bond motifs is 1. The second-order valence-electron chi connectivity index (χ2n) is 6.50. The molecule has 2 rings (SSSR count). The average molecular weight is 418 g/mol. The molecule has 1 aromatic heterocycles. The summed E-state index contributed by atoms with van der Waals surface area (Å²) in [7, 11) is 0. The van der Waals surface area contributed by atoms with Crippen LogP contribution in [0.15, 0.2) is 50.9 Å². The number of allylic oxidation sites excluding steroid dienone is 1. The van der Waals surface area contributed by atoms with Crippen molar-refractivity contribution in [2.45, 2.75) is 39.8 Å². The number of amides is 1. The van der Waals surface area contributed by atoms with Gasteiger partial charge in [-0.25, -0.2) is 9.79 Å². The van der Waals surface area contributed by atoms with Crippen LogP contribution in [0.3, 0.4) is 0 Å². The number of carbonyl (C=O) groups is 1. The first-order valence-electron chi connectivity index (χ1n) is 9.01. The number of aromatic amines is 1. The van der Waals surface area contributed by atoms with Gasteiger partial charge in [0.1, 0.15) is 5.82 Å². The second kappa shape index (κ2) is 9.88. The van der Waals surface area contributed by atoms with E-state index in [0.29, 0.717) is 16.1 Å². The van der Waals surface area contributed by atoms with Gasteiger partial charge >= 0.3 is 6.09 Å². The van der Waals surface area contributed by atoms with Crippen molar-refractivity contribution in [3.63, 3.8) is 0 Å². The minimum atomic E-state index is -0.629. The van der Waals surface area contributed by atoms with E-state index in [1.54, 1.807) is 58.0 Å². The standard InChI is InChI=1S/C20H24ClN5O3/c1-6-17(26-20(28)29-11(2)3)25-19(22-5)23-12(4)15-10-13-9-14(21)7-8-16(13)24-18(15)27/h6-12H,5H2,1-4H3,(H,23,25)(H,24,27)(H,26,28)/b17-6+/t12-/m0/s1. The van der Waals surface area contributed by atoms with Crippen LogP contribution in [0, 0.1) is 0 Å². The highest BCUT2D eigenvalue weighted by Gasteiger charge is 2.14. The summed E-state index contributed by atoms with van der Waals surface area (Å²) < 4.78 is 5.03. The van der Waals surface area contributed by atoms with E-state index in [1.807, 2.05) is 0 Å². The number of nitrogens with zero attached hydrogens (tertiary/aromatic N) is 2. The third-order valence-corrected chi connectivity index (χ3v) is 4.10. The molecule has 9 heteroatoms. The number of alkyl carbamates (subject to hydrolysis) is 1. The number of H-pyrrole nitrogens is 1. The van der Waals surface area contributed by atoms with Crippen LogP contribution in [-0.4, -0.2) is 29.9 Å². The van der Waals surface area contributed by atoms with Gasteiger partial charge in [0.05, 0.1) is 12.1 Å². The molecule has 2 aromatic rings. The van der Waals surface area contributed by atoms with Crippen LogP contribution in [0.1, 0.15) is 39.3 Å². The maximum absolute atomic E-state index is 12.5. The van der Waals surface area contributed by atoms with Crippen molar-refractivity contribution in [3.05, 3.63) is 57.1 Å². The smallest absolute Gasteiger partial charge is 0.413 e. The zero-order valence-corrected chi connectivity index (χ0v) is 17.5. The van der Waals surface area contributed by atoms with E-state index in [0.717, 1.165) is 5.39 Å². The van der Waals surface area contributed by atoms with Crippen LogP contribution in [0.5, 0.6) is 0 Å². The summed E-state index contributed by atoms with van der Waals surface area (Å²) in [5.41, 5.74) is 0.925. The lowest BCUT2D eigenvalue weighted by atomic mass is 10.1. The third-order valence-electron chi connectivity index (χ3n) is 3.87. The highest BCUT2D eigenvalue weighted by Crippen LogP contribution is 2.19. The second-order valence-corrected chi connectivity index (χ2v) is 6.93. The van der Waals surface area contributed by atoms with Gasteiger partial charge in [-0.2, -0.15) is 4.99 Å². The van der Waals surface area contributed by atoms with Gasteiger partial charge in [0.25, 0.3) is 5.56 Å². The van der Waals surface area contributed by atoms with Gasteiger partial charge in [-0.15, -0.1) is 0 Å². The van der Waals surface area contributed by atoms with E-state index < -0.39 is 12.1 Å². The van der Waals surface area contributed by atoms with Crippen molar-refractivity contribution >= 4 is 41.3 Å². The van der Waals surface area contributed by atoms with Crippen molar-refractivity contribution in [1.82, 2.24) is 15.6 Å². The lowest BCUT2D eigenvalue weighted by Crippen LogP contribution is -2.31. The largest absolute Gasteiger partial charge is 0.447 e. The Kier molecular flexibility index (Phi) is 7.55. The summed E-state index contributed by atoms with van der Waals surface area (Å²) >= 11 is 6.04. The van der Waals surface area contributed by atoms with Crippen molar-refractivity contribution in [2.24, 2.45) is 9.98 Å². The molecular formula is C20H24ClN5O3. The summed E-state index contributed by atoms with van der Waals surface area (Å²) in [6, 6.07) is 6.55. The monoisotopic (exact) mass is 417 g/mol. The molecule has 0 bridgehead atoms. The highest BCUT2D eigenvalue weighted by molar-refractivity contribution is 6.31. The Morgan fingerprint density at radius 1 is 1.31 bits per heavy atom. The molecule has 1 aromatic carbocycles. The number of carbonyl (C=O) groups excluding carboxylic acids is 1. The lowest BCUT2D eigenvalue weighted by Gasteiger charge is -2.15. The maximum Gasteiger partial charge on any atom is 0.413 e. The first-order valence-corrected chi connectivity index (χ1v) is 9.39.